The molecule has 5 nitrogen and oxygen atoms in total. The van der Waals surface area contributed by atoms with Crippen molar-refractivity contribution >= 4 is 11.7 Å². The zero-order chi connectivity index (χ0) is 20.5. The summed E-state index contributed by atoms with van der Waals surface area (Å²) in [4.78, 5) is 17.7. The maximum atomic E-state index is 13.0. The Morgan fingerprint density at radius 3 is 2.26 bits per heavy atom. The Hall–Kier alpha value is -1.88. The fraction of sp³-hybridized carbons (Fsp3) is 0.625. The van der Waals surface area contributed by atoms with Gasteiger partial charge in [-0.05, 0) is 31.0 Å². The molecule has 0 aromatic carbocycles. The van der Waals surface area contributed by atoms with Crippen LogP contribution in [-0.2, 0) is 16.1 Å². The van der Waals surface area contributed by atoms with Crippen molar-refractivity contribution in [1.82, 2.24) is 9.88 Å². The number of morpholine rings is 1. The minimum Gasteiger partial charge on any atom is -0.379 e. The van der Waals surface area contributed by atoms with Crippen molar-refractivity contribution in [3.63, 3.8) is 0 Å². The molecular weight excluding hydrogens is 380 g/mol. The lowest BCUT2D eigenvalue weighted by Gasteiger charge is -2.32. The van der Waals surface area contributed by atoms with Crippen LogP contribution in [0.25, 0.3) is 0 Å². The van der Waals surface area contributed by atoms with Gasteiger partial charge in [-0.25, -0.2) is 4.98 Å². The molecule has 11 heteroatoms. The van der Waals surface area contributed by atoms with Gasteiger partial charge >= 0.3 is 12.4 Å². The van der Waals surface area contributed by atoms with E-state index in [2.05, 4.69) is 4.98 Å². The number of ether oxygens (including phenoxy) is 1. The van der Waals surface area contributed by atoms with Gasteiger partial charge in [0.05, 0.1) is 13.2 Å². The second-order valence-corrected chi connectivity index (χ2v) is 6.46. The van der Waals surface area contributed by atoms with Crippen LogP contribution in [0, 0.1) is 12.3 Å². The molecule has 0 unspecified atom stereocenters. The Labute approximate surface area is 151 Å². The highest BCUT2D eigenvalue weighted by molar-refractivity contribution is 5.95. The molecule has 27 heavy (non-hydrogen) atoms. The summed E-state index contributed by atoms with van der Waals surface area (Å²) in [6, 6.07) is 1.29. The number of aromatic nitrogens is 1. The Morgan fingerprint density at radius 1 is 1.19 bits per heavy atom. The van der Waals surface area contributed by atoms with Crippen LogP contribution in [0.15, 0.2) is 12.3 Å². The van der Waals surface area contributed by atoms with Gasteiger partial charge in [-0.1, -0.05) is 0 Å². The molecule has 0 bridgehead atoms. The van der Waals surface area contributed by atoms with Crippen LogP contribution >= 0.6 is 0 Å². The molecule has 2 rings (SSSR count). The van der Waals surface area contributed by atoms with E-state index < -0.39 is 23.7 Å². The predicted molar refractivity (Wildman–Crippen MR) is 83.9 cm³/mol. The molecule has 152 valence electrons. The highest BCUT2D eigenvalue weighted by atomic mass is 19.4. The van der Waals surface area contributed by atoms with Crippen LogP contribution in [0.4, 0.5) is 32.2 Å². The van der Waals surface area contributed by atoms with E-state index in [4.69, 9.17) is 4.74 Å². The maximum Gasteiger partial charge on any atom is 0.411 e. The molecule has 1 saturated heterocycles. The van der Waals surface area contributed by atoms with Crippen molar-refractivity contribution in [3.8, 4) is 0 Å². The van der Waals surface area contributed by atoms with Gasteiger partial charge in [0.15, 0.2) is 0 Å². The highest BCUT2D eigenvalue weighted by Gasteiger charge is 2.72. The third-order valence-electron chi connectivity index (χ3n) is 4.54. The zero-order valence-electron chi connectivity index (χ0n) is 14.7. The molecule has 1 fully saturated rings. The average molecular weight is 399 g/mol. The number of hydrogen-bond donors (Lipinski definition) is 1. The molecule has 1 aromatic rings. The average Bonchev–Trinajstić information content (AvgIpc) is 2.56. The number of carbonyl (C=O) groups is 1. The van der Waals surface area contributed by atoms with E-state index in [1.165, 1.54) is 12.3 Å². The number of rotatable bonds is 4. The molecule has 0 aliphatic carbocycles. The quantitative estimate of drug-likeness (QED) is 0.790. The van der Waals surface area contributed by atoms with Crippen LogP contribution < -0.4 is 5.32 Å². The van der Waals surface area contributed by atoms with Gasteiger partial charge < -0.3 is 10.1 Å². The monoisotopic (exact) mass is 399 g/mol. The molecular formula is C16H19F6N3O2. The summed E-state index contributed by atoms with van der Waals surface area (Å²) in [5, 5.41) is 1.67. The van der Waals surface area contributed by atoms with Crippen LogP contribution in [0.5, 0.6) is 0 Å². The number of alkyl halides is 6. The number of hydrogen-bond acceptors (Lipinski definition) is 4. The molecule has 0 radical (unpaired) electrons. The van der Waals surface area contributed by atoms with Crippen molar-refractivity contribution in [2.45, 2.75) is 32.7 Å². The number of pyridine rings is 1. The SMILES string of the molecule is Cc1cnc(NC(=O)C(C)(C(F)(F)F)C(F)(F)F)cc1CN1CCOCC1. The summed E-state index contributed by atoms with van der Waals surface area (Å²) in [5.74, 6) is -2.59. The van der Waals surface area contributed by atoms with E-state index in [0.717, 1.165) is 0 Å². The van der Waals surface area contributed by atoms with Crippen molar-refractivity contribution in [1.29, 1.82) is 0 Å². The number of aryl methyl sites for hydroxylation is 1. The molecule has 1 amide bonds. The Morgan fingerprint density at radius 2 is 1.74 bits per heavy atom. The first-order valence-electron chi connectivity index (χ1n) is 8.07. The standard InChI is InChI=1S/C16H19F6N3O2/c1-10-8-23-12(7-11(10)9-25-3-5-27-6-4-25)24-13(26)14(2,15(17,18)19)16(20,21)22/h7-8H,3-6,9H2,1-2H3,(H,23,24,26). The first kappa shape index (κ1) is 21.4. The van der Waals surface area contributed by atoms with E-state index in [1.54, 1.807) is 12.2 Å². The van der Waals surface area contributed by atoms with Crippen molar-refractivity contribution < 1.29 is 35.9 Å². The number of halogens is 6. The lowest BCUT2D eigenvalue weighted by molar-refractivity contribution is -0.317. The fourth-order valence-corrected chi connectivity index (χ4v) is 2.46. The van der Waals surface area contributed by atoms with E-state index in [1.807, 2.05) is 4.90 Å². The lowest BCUT2D eigenvalue weighted by atomic mass is 9.87. The van der Waals surface area contributed by atoms with Gasteiger partial charge in [-0.2, -0.15) is 26.3 Å². The Kier molecular flexibility index (Phi) is 6.05. The summed E-state index contributed by atoms with van der Waals surface area (Å²) in [6.07, 6.45) is -10.3. The number of nitrogens with one attached hydrogen (secondary N) is 1. The zero-order valence-corrected chi connectivity index (χ0v) is 14.7. The van der Waals surface area contributed by atoms with E-state index >= 15 is 0 Å². The molecule has 1 N–H and O–H groups in total. The van der Waals surface area contributed by atoms with E-state index in [9.17, 15) is 31.1 Å². The first-order chi connectivity index (χ1) is 12.4. The Bertz CT molecular complexity index is 670. The number of anilines is 1. The van der Waals surface area contributed by atoms with Crippen LogP contribution in [0.2, 0.25) is 0 Å². The van der Waals surface area contributed by atoms with Gasteiger partial charge in [-0.15, -0.1) is 0 Å². The topological polar surface area (TPSA) is 54.5 Å². The van der Waals surface area contributed by atoms with E-state index in [-0.39, 0.29) is 12.7 Å². The third-order valence-corrected chi connectivity index (χ3v) is 4.54. The molecule has 1 aliphatic heterocycles. The largest absolute Gasteiger partial charge is 0.411 e. The summed E-state index contributed by atoms with van der Waals surface area (Å²) < 4.78 is 83.1. The number of carbonyl (C=O) groups excluding carboxylic acids is 1. The molecule has 0 atom stereocenters. The molecule has 1 aromatic heterocycles. The lowest BCUT2D eigenvalue weighted by Crippen LogP contribution is -2.55. The smallest absolute Gasteiger partial charge is 0.379 e. The van der Waals surface area contributed by atoms with E-state index in [0.29, 0.717) is 44.0 Å². The van der Waals surface area contributed by atoms with Crippen LogP contribution in [0.3, 0.4) is 0 Å². The highest BCUT2D eigenvalue weighted by Crippen LogP contribution is 2.50. The van der Waals surface area contributed by atoms with Gasteiger partial charge in [0.2, 0.25) is 11.3 Å². The summed E-state index contributed by atoms with van der Waals surface area (Å²) in [7, 11) is 0. The summed E-state index contributed by atoms with van der Waals surface area (Å²) in [5.41, 5.74) is -3.20. The first-order valence-corrected chi connectivity index (χ1v) is 8.07. The molecule has 2 heterocycles. The maximum absolute atomic E-state index is 13.0. The predicted octanol–water partition coefficient (Wildman–Crippen LogP) is 3.29. The second-order valence-electron chi connectivity index (χ2n) is 6.46. The summed E-state index contributed by atoms with van der Waals surface area (Å²) in [6.45, 7) is 4.28. The number of nitrogens with zero attached hydrogens (tertiary/aromatic N) is 2. The van der Waals surface area contributed by atoms with Crippen LogP contribution in [0.1, 0.15) is 18.1 Å². The van der Waals surface area contributed by atoms with Crippen molar-refractivity contribution in [2.24, 2.45) is 5.41 Å². The Balaban J connectivity index is 2.23. The van der Waals surface area contributed by atoms with Crippen molar-refractivity contribution in [3.05, 3.63) is 23.4 Å². The molecule has 1 aliphatic rings. The fourth-order valence-electron chi connectivity index (χ4n) is 2.46. The molecule has 0 saturated carbocycles. The third kappa shape index (κ3) is 4.52. The van der Waals surface area contributed by atoms with Gasteiger partial charge in [0.25, 0.3) is 0 Å². The second kappa shape index (κ2) is 7.63. The summed E-state index contributed by atoms with van der Waals surface area (Å²) >= 11 is 0. The normalized spacial score (nSPS) is 17.0. The number of amides is 1. The minimum atomic E-state index is -5.81. The minimum absolute atomic E-state index is 0.189. The molecule has 0 spiro atoms. The van der Waals surface area contributed by atoms with Crippen LogP contribution in [-0.4, -0.2) is 54.4 Å². The van der Waals surface area contributed by atoms with Crippen molar-refractivity contribution in [2.75, 3.05) is 31.6 Å². The van der Waals surface area contributed by atoms with Gasteiger partial charge in [-0.3, -0.25) is 9.69 Å². The van der Waals surface area contributed by atoms with Gasteiger partial charge in [0, 0.05) is 25.8 Å². The van der Waals surface area contributed by atoms with Gasteiger partial charge in [0.1, 0.15) is 5.82 Å².